The van der Waals surface area contributed by atoms with Gasteiger partial charge < -0.3 is 10.1 Å². The van der Waals surface area contributed by atoms with Crippen LogP contribution in [0.4, 0.5) is 0 Å². The van der Waals surface area contributed by atoms with Crippen LogP contribution in [0.25, 0.3) is 0 Å². The molecule has 1 heterocycles. The summed E-state index contributed by atoms with van der Waals surface area (Å²) < 4.78 is 5.94. The van der Waals surface area contributed by atoms with Crippen molar-refractivity contribution in [2.24, 2.45) is 0 Å². The van der Waals surface area contributed by atoms with E-state index in [0.717, 1.165) is 30.8 Å². The number of hydrogen-bond acceptors (Lipinski definition) is 3. The van der Waals surface area contributed by atoms with Crippen LogP contribution in [0.15, 0.2) is 18.3 Å². The number of pyridine rings is 1. The molecule has 17 heavy (non-hydrogen) atoms. The highest BCUT2D eigenvalue weighted by Gasteiger charge is 2.10. The molecule has 0 aliphatic carbocycles. The lowest BCUT2D eigenvalue weighted by Gasteiger charge is -2.20. The lowest BCUT2D eigenvalue weighted by Crippen LogP contribution is -2.35. The molecule has 1 rings (SSSR count). The normalized spacial score (nSPS) is 12.8. The van der Waals surface area contributed by atoms with E-state index in [1.165, 1.54) is 0 Å². The van der Waals surface area contributed by atoms with E-state index in [-0.39, 0.29) is 6.10 Å². The van der Waals surface area contributed by atoms with Crippen LogP contribution >= 0.6 is 0 Å². The molecule has 0 saturated heterocycles. The zero-order valence-corrected chi connectivity index (χ0v) is 11.4. The molecule has 0 saturated carbocycles. The SMILES string of the molecule is CCCC(CNC(C)C)Oc1ccc(C)nc1. The molecule has 0 amide bonds. The van der Waals surface area contributed by atoms with Crippen LogP contribution in [0.1, 0.15) is 39.3 Å². The molecule has 3 nitrogen and oxygen atoms in total. The molecule has 0 fully saturated rings. The van der Waals surface area contributed by atoms with Gasteiger partial charge in [-0.1, -0.05) is 27.2 Å². The monoisotopic (exact) mass is 236 g/mol. The second-order valence-corrected chi connectivity index (χ2v) is 4.73. The Morgan fingerprint density at radius 3 is 2.65 bits per heavy atom. The molecular formula is C14H24N2O. The Balaban J connectivity index is 2.50. The van der Waals surface area contributed by atoms with Crippen molar-refractivity contribution in [3.8, 4) is 5.75 Å². The first-order valence-electron chi connectivity index (χ1n) is 6.44. The van der Waals surface area contributed by atoms with Crippen molar-refractivity contribution < 1.29 is 4.74 Å². The molecule has 0 radical (unpaired) electrons. The highest BCUT2D eigenvalue weighted by Crippen LogP contribution is 2.13. The van der Waals surface area contributed by atoms with Crippen LogP contribution in [-0.4, -0.2) is 23.7 Å². The van der Waals surface area contributed by atoms with E-state index >= 15 is 0 Å². The van der Waals surface area contributed by atoms with Crippen molar-refractivity contribution in [1.82, 2.24) is 10.3 Å². The second kappa shape index (κ2) is 7.28. The maximum atomic E-state index is 5.94. The number of aromatic nitrogens is 1. The molecule has 1 aromatic heterocycles. The summed E-state index contributed by atoms with van der Waals surface area (Å²) in [5, 5.41) is 3.42. The van der Waals surface area contributed by atoms with Crippen LogP contribution in [0, 0.1) is 6.92 Å². The highest BCUT2D eigenvalue weighted by atomic mass is 16.5. The zero-order chi connectivity index (χ0) is 12.7. The van der Waals surface area contributed by atoms with Crippen molar-refractivity contribution in [2.45, 2.75) is 52.7 Å². The van der Waals surface area contributed by atoms with Crippen LogP contribution < -0.4 is 10.1 Å². The van der Waals surface area contributed by atoms with Crippen molar-refractivity contribution in [3.63, 3.8) is 0 Å². The first kappa shape index (κ1) is 14.0. The fraction of sp³-hybridized carbons (Fsp3) is 0.643. The van der Waals surface area contributed by atoms with Crippen molar-refractivity contribution in [3.05, 3.63) is 24.0 Å². The summed E-state index contributed by atoms with van der Waals surface area (Å²) in [5.74, 6) is 0.861. The maximum Gasteiger partial charge on any atom is 0.138 e. The van der Waals surface area contributed by atoms with Gasteiger partial charge in [0, 0.05) is 18.3 Å². The number of ether oxygens (including phenoxy) is 1. The van der Waals surface area contributed by atoms with Crippen LogP contribution in [-0.2, 0) is 0 Å². The van der Waals surface area contributed by atoms with Gasteiger partial charge >= 0.3 is 0 Å². The highest BCUT2D eigenvalue weighted by molar-refractivity contribution is 5.19. The Labute approximate surface area is 105 Å². The van der Waals surface area contributed by atoms with Crippen molar-refractivity contribution in [2.75, 3.05) is 6.54 Å². The van der Waals surface area contributed by atoms with E-state index in [1.807, 2.05) is 19.1 Å². The molecule has 1 N–H and O–H groups in total. The number of rotatable bonds is 7. The molecule has 0 aliphatic heterocycles. The van der Waals surface area contributed by atoms with E-state index in [9.17, 15) is 0 Å². The Morgan fingerprint density at radius 2 is 2.12 bits per heavy atom. The molecule has 0 aliphatic rings. The Morgan fingerprint density at radius 1 is 1.35 bits per heavy atom. The quantitative estimate of drug-likeness (QED) is 0.790. The minimum Gasteiger partial charge on any atom is -0.487 e. The summed E-state index contributed by atoms with van der Waals surface area (Å²) in [7, 11) is 0. The topological polar surface area (TPSA) is 34.1 Å². The summed E-state index contributed by atoms with van der Waals surface area (Å²) >= 11 is 0. The summed E-state index contributed by atoms with van der Waals surface area (Å²) in [5.41, 5.74) is 1.02. The lowest BCUT2D eigenvalue weighted by atomic mass is 10.2. The third-order valence-corrected chi connectivity index (χ3v) is 2.55. The van der Waals surface area contributed by atoms with E-state index in [4.69, 9.17) is 4.74 Å². The lowest BCUT2D eigenvalue weighted by molar-refractivity contribution is 0.182. The first-order valence-corrected chi connectivity index (χ1v) is 6.44. The average Bonchev–Trinajstić information content (AvgIpc) is 2.29. The molecule has 3 heteroatoms. The van der Waals surface area contributed by atoms with Gasteiger partial charge in [0.25, 0.3) is 0 Å². The predicted octanol–water partition coefficient (Wildman–Crippen LogP) is 2.94. The molecule has 0 spiro atoms. The van der Waals surface area contributed by atoms with Crippen LogP contribution in [0.2, 0.25) is 0 Å². The Kier molecular flexibility index (Phi) is 5.98. The second-order valence-electron chi connectivity index (χ2n) is 4.73. The van der Waals surface area contributed by atoms with Crippen molar-refractivity contribution >= 4 is 0 Å². The fourth-order valence-electron chi connectivity index (χ4n) is 1.61. The smallest absolute Gasteiger partial charge is 0.138 e. The summed E-state index contributed by atoms with van der Waals surface area (Å²) in [4.78, 5) is 4.24. The van der Waals surface area contributed by atoms with E-state index in [2.05, 4.69) is 31.1 Å². The minimum absolute atomic E-state index is 0.229. The maximum absolute atomic E-state index is 5.94. The molecule has 1 unspecified atom stereocenters. The molecule has 1 aromatic rings. The first-order chi connectivity index (χ1) is 8.11. The molecular weight excluding hydrogens is 212 g/mol. The summed E-state index contributed by atoms with van der Waals surface area (Å²) in [6.07, 6.45) is 4.22. The molecule has 0 aromatic carbocycles. The van der Waals surface area contributed by atoms with Crippen LogP contribution in [0.3, 0.4) is 0 Å². The fourth-order valence-corrected chi connectivity index (χ4v) is 1.61. The third-order valence-electron chi connectivity index (χ3n) is 2.55. The van der Waals surface area contributed by atoms with Gasteiger partial charge in [0.1, 0.15) is 11.9 Å². The number of aryl methyl sites for hydroxylation is 1. The van der Waals surface area contributed by atoms with E-state index in [1.54, 1.807) is 6.20 Å². The minimum atomic E-state index is 0.229. The zero-order valence-electron chi connectivity index (χ0n) is 11.4. The predicted molar refractivity (Wildman–Crippen MR) is 71.4 cm³/mol. The summed E-state index contributed by atoms with van der Waals surface area (Å²) in [6, 6.07) is 4.46. The van der Waals surface area contributed by atoms with E-state index in [0.29, 0.717) is 6.04 Å². The standard InChI is InChI=1S/C14H24N2O/c1-5-6-13(9-15-11(2)3)17-14-8-7-12(4)16-10-14/h7-8,10-11,13,15H,5-6,9H2,1-4H3. The molecule has 96 valence electrons. The molecule has 0 bridgehead atoms. The number of hydrogen-bond donors (Lipinski definition) is 1. The van der Waals surface area contributed by atoms with Gasteiger partial charge in [-0.2, -0.15) is 0 Å². The van der Waals surface area contributed by atoms with Gasteiger partial charge in [0.2, 0.25) is 0 Å². The Bertz CT molecular complexity index is 309. The largest absolute Gasteiger partial charge is 0.487 e. The van der Waals surface area contributed by atoms with E-state index < -0.39 is 0 Å². The number of nitrogens with zero attached hydrogens (tertiary/aromatic N) is 1. The van der Waals surface area contributed by atoms with Gasteiger partial charge in [-0.05, 0) is 25.5 Å². The third kappa shape index (κ3) is 5.68. The van der Waals surface area contributed by atoms with Crippen molar-refractivity contribution in [1.29, 1.82) is 0 Å². The van der Waals surface area contributed by atoms with Gasteiger partial charge in [-0.3, -0.25) is 4.98 Å². The average molecular weight is 236 g/mol. The van der Waals surface area contributed by atoms with Gasteiger partial charge in [0.05, 0.1) is 6.20 Å². The summed E-state index contributed by atoms with van der Waals surface area (Å²) in [6.45, 7) is 9.35. The molecule has 1 atom stereocenters. The number of nitrogens with one attached hydrogen (secondary N) is 1. The Hall–Kier alpha value is -1.09. The van der Waals surface area contributed by atoms with Gasteiger partial charge in [-0.15, -0.1) is 0 Å². The van der Waals surface area contributed by atoms with Gasteiger partial charge in [0.15, 0.2) is 0 Å². The van der Waals surface area contributed by atoms with Gasteiger partial charge in [-0.25, -0.2) is 0 Å². The van der Waals surface area contributed by atoms with Crippen LogP contribution in [0.5, 0.6) is 5.75 Å².